The lowest BCUT2D eigenvalue weighted by Gasteiger charge is -2.21. The van der Waals surface area contributed by atoms with E-state index in [1.165, 1.54) is 6.07 Å². The van der Waals surface area contributed by atoms with E-state index in [4.69, 9.17) is 5.73 Å². The summed E-state index contributed by atoms with van der Waals surface area (Å²) < 4.78 is 29.2. The lowest BCUT2D eigenvalue weighted by atomic mass is 10.1. The van der Waals surface area contributed by atoms with Crippen molar-refractivity contribution >= 4 is 0 Å². The van der Waals surface area contributed by atoms with E-state index in [9.17, 15) is 8.78 Å². The highest BCUT2D eigenvalue weighted by Gasteiger charge is 2.16. The summed E-state index contributed by atoms with van der Waals surface area (Å²) in [4.78, 5) is 2.03. The van der Waals surface area contributed by atoms with Crippen molar-refractivity contribution in [1.82, 2.24) is 10.2 Å². The number of nitrogens with zero attached hydrogens (tertiary/aromatic N) is 1. The summed E-state index contributed by atoms with van der Waals surface area (Å²) in [5, 5.41) is 3.24. The highest BCUT2D eigenvalue weighted by Crippen LogP contribution is 2.25. The van der Waals surface area contributed by atoms with E-state index in [0.29, 0.717) is 12.1 Å². The third-order valence-electron chi connectivity index (χ3n) is 2.70. The predicted molar refractivity (Wildman–Crippen MR) is 71.4 cm³/mol. The van der Waals surface area contributed by atoms with Gasteiger partial charge in [0.2, 0.25) is 0 Å². The molecule has 1 atom stereocenters. The second-order valence-corrected chi connectivity index (χ2v) is 4.46. The molecule has 108 valence electrons. The van der Waals surface area contributed by atoms with Crippen LogP contribution in [0.25, 0.3) is 0 Å². The largest absolute Gasteiger partial charge is 0.434 e. The van der Waals surface area contributed by atoms with Gasteiger partial charge in [0.25, 0.3) is 0 Å². The fourth-order valence-corrected chi connectivity index (χ4v) is 1.75. The van der Waals surface area contributed by atoms with E-state index >= 15 is 0 Å². The summed E-state index contributed by atoms with van der Waals surface area (Å²) in [6.45, 7) is -0.954. The number of rotatable bonds is 8. The first kappa shape index (κ1) is 15.8. The third kappa shape index (κ3) is 5.50. The number of ether oxygens (including phenoxy) is 1. The highest BCUT2D eigenvalue weighted by molar-refractivity contribution is 5.36. The van der Waals surface area contributed by atoms with E-state index in [1.54, 1.807) is 18.2 Å². The molecule has 0 fully saturated rings. The Labute approximate surface area is 112 Å². The van der Waals surface area contributed by atoms with Gasteiger partial charge in [-0.3, -0.25) is 0 Å². The van der Waals surface area contributed by atoms with Gasteiger partial charge in [-0.15, -0.1) is 0 Å². The van der Waals surface area contributed by atoms with Crippen molar-refractivity contribution in [3.8, 4) is 5.75 Å². The zero-order chi connectivity index (χ0) is 14.3. The highest BCUT2D eigenvalue weighted by atomic mass is 19.3. The SMILES string of the molecule is CN(C)CCNC(CN)c1ccccc1OC(F)F. The van der Waals surface area contributed by atoms with Crippen molar-refractivity contribution in [3.05, 3.63) is 29.8 Å². The minimum atomic E-state index is -2.83. The first-order valence-electron chi connectivity index (χ1n) is 6.16. The molecule has 6 heteroatoms. The number of halogens is 2. The van der Waals surface area contributed by atoms with Gasteiger partial charge in [0.15, 0.2) is 0 Å². The monoisotopic (exact) mass is 273 g/mol. The number of hydrogen-bond acceptors (Lipinski definition) is 4. The minimum absolute atomic E-state index is 0.172. The molecule has 0 heterocycles. The number of likely N-dealkylation sites (N-methyl/N-ethyl adjacent to an activating group) is 1. The van der Waals surface area contributed by atoms with Crippen LogP contribution in [0, 0.1) is 0 Å². The zero-order valence-electron chi connectivity index (χ0n) is 11.3. The Balaban J connectivity index is 2.73. The quantitative estimate of drug-likeness (QED) is 0.752. The average Bonchev–Trinajstić information content (AvgIpc) is 2.35. The molecule has 0 saturated carbocycles. The van der Waals surface area contributed by atoms with E-state index in [0.717, 1.165) is 13.1 Å². The number of nitrogens with one attached hydrogen (secondary N) is 1. The molecule has 0 aliphatic carbocycles. The topological polar surface area (TPSA) is 50.5 Å². The van der Waals surface area contributed by atoms with Gasteiger partial charge in [0, 0.05) is 31.2 Å². The Bertz CT molecular complexity index is 375. The van der Waals surface area contributed by atoms with Crippen molar-refractivity contribution in [2.45, 2.75) is 12.7 Å². The van der Waals surface area contributed by atoms with E-state index in [1.807, 2.05) is 19.0 Å². The lowest BCUT2D eigenvalue weighted by molar-refractivity contribution is -0.0507. The van der Waals surface area contributed by atoms with Gasteiger partial charge >= 0.3 is 6.61 Å². The van der Waals surface area contributed by atoms with Crippen LogP contribution < -0.4 is 15.8 Å². The van der Waals surface area contributed by atoms with Gasteiger partial charge in [-0.1, -0.05) is 18.2 Å². The van der Waals surface area contributed by atoms with Crippen LogP contribution in [-0.4, -0.2) is 45.2 Å². The minimum Gasteiger partial charge on any atom is -0.434 e. The van der Waals surface area contributed by atoms with Gasteiger partial charge in [-0.25, -0.2) is 0 Å². The van der Waals surface area contributed by atoms with Gasteiger partial charge in [0.05, 0.1) is 0 Å². The van der Waals surface area contributed by atoms with Crippen LogP contribution in [-0.2, 0) is 0 Å². The molecule has 3 N–H and O–H groups in total. The van der Waals surface area contributed by atoms with Crippen LogP contribution >= 0.6 is 0 Å². The molecule has 0 aliphatic rings. The van der Waals surface area contributed by atoms with Crippen molar-refractivity contribution in [2.75, 3.05) is 33.7 Å². The molecular formula is C13H21F2N3O. The van der Waals surface area contributed by atoms with Crippen LogP contribution in [0.4, 0.5) is 8.78 Å². The lowest BCUT2D eigenvalue weighted by Crippen LogP contribution is -2.34. The Morgan fingerprint density at radius 3 is 2.58 bits per heavy atom. The second-order valence-electron chi connectivity index (χ2n) is 4.46. The number of alkyl halides is 2. The molecule has 0 bridgehead atoms. The maximum absolute atomic E-state index is 12.3. The average molecular weight is 273 g/mol. The Kier molecular flexibility index (Phi) is 6.69. The first-order chi connectivity index (χ1) is 9.04. The Morgan fingerprint density at radius 2 is 2.00 bits per heavy atom. The van der Waals surface area contributed by atoms with Crippen molar-refractivity contribution in [2.24, 2.45) is 5.73 Å². The normalized spacial score (nSPS) is 13.0. The fraction of sp³-hybridized carbons (Fsp3) is 0.538. The Morgan fingerprint density at radius 1 is 1.32 bits per heavy atom. The summed E-state index contributed by atoms with van der Waals surface area (Å²) in [7, 11) is 3.93. The van der Waals surface area contributed by atoms with E-state index in [-0.39, 0.29) is 11.8 Å². The number of hydrogen-bond donors (Lipinski definition) is 2. The van der Waals surface area contributed by atoms with Crippen molar-refractivity contribution in [1.29, 1.82) is 0 Å². The molecule has 0 radical (unpaired) electrons. The van der Waals surface area contributed by atoms with E-state index in [2.05, 4.69) is 10.1 Å². The number of nitrogens with two attached hydrogens (primary N) is 1. The van der Waals surface area contributed by atoms with E-state index < -0.39 is 6.61 Å². The summed E-state index contributed by atoms with van der Waals surface area (Å²) >= 11 is 0. The summed E-state index contributed by atoms with van der Waals surface area (Å²) in [5.41, 5.74) is 6.36. The van der Waals surface area contributed by atoms with Gasteiger partial charge in [0.1, 0.15) is 5.75 Å². The van der Waals surface area contributed by atoms with Crippen molar-refractivity contribution < 1.29 is 13.5 Å². The molecule has 1 rings (SSSR count). The molecule has 0 saturated heterocycles. The molecule has 0 aromatic heterocycles. The van der Waals surface area contributed by atoms with Crippen LogP contribution in [0.15, 0.2) is 24.3 Å². The summed E-state index contributed by atoms with van der Waals surface area (Å²) in [5.74, 6) is 0.172. The molecule has 1 aromatic carbocycles. The van der Waals surface area contributed by atoms with Crippen molar-refractivity contribution in [3.63, 3.8) is 0 Å². The number of benzene rings is 1. The van der Waals surface area contributed by atoms with Crippen LogP contribution in [0.2, 0.25) is 0 Å². The molecule has 4 nitrogen and oxygen atoms in total. The predicted octanol–water partition coefficient (Wildman–Crippen LogP) is 1.44. The Hall–Kier alpha value is -1.24. The molecule has 1 aromatic rings. The molecular weight excluding hydrogens is 252 g/mol. The summed E-state index contributed by atoms with van der Waals surface area (Å²) in [6, 6.07) is 6.52. The van der Waals surface area contributed by atoms with Crippen LogP contribution in [0.1, 0.15) is 11.6 Å². The van der Waals surface area contributed by atoms with Gasteiger partial charge < -0.3 is 20.7 Å². The number of para-hydroxylation sites is 1. The molecule has 19 heavy (non-hydrogen) atoms. The maximum atomic E-state index is 12.3. The molecule has 0 spiro atoms. The summed E-state index contributed by atoms with van der Waals surface area (Å²) in [6.07, 6.45) is 0. The van der Waals surface area contributed by atoms with Gasteiger partial charge in [-0.05, 0) is 20.2 Å². The second kappa shape index (κ2) is 8.04. The molecule has 0 amide bonds. The maximum Gasteiger partial charge on any atom is 0.387 e. The first-order valence-corrected chi connectivity index (χ1v) is 6.16. The zero-order valence-corrected chi connectivity index (χ0v) is 11.3. The third-order valence-corrected chi connectivity index (χ3v) is 2.70. The molecule has 1 unspecified atom stereocenters. The van der Waals surface area contributed by atoms with Crippen LogP contribution in [0.5, 0.6) is 5.75 Å². The van der Waals surface area contributed by atoms with Gasteiger partial charge in [-0.2, -0.15) is 8.78 Å². The van der Waals surface area contributed by atoms with Crippen LogP contribution in [0.3, 0.4) is 0 Å². The molecule has 0 aliphatic heterocycles. The fourth-order valence-electron chi connectivity index (χ4n) is 1.75. The smallest absolute Gasteiger partial charge is 0.387 e. The standard InChI is InChI=1S/C13H21F2N3O/c1-18(2)8-7-17-11(9-16)10-5-3-4-6-12(10)19-13(14)15/h3-6,11,13,17H,7-9,16H2,1-2H3.